The number of esters is 1. The number of carbonyl (C=O) groups is 1. The van der Waals surface area contributed by atoms with Gasteiger partial charge in [-0.15, -0.1) is 0 Å². The van der Waals surface area contributed by atoms with Crippen LogP contribution in [0.1, 0.15) is 40.2 Å². The Morgan fingerprint density at radius 2 is 2.04 bits per heavy atom. The summed E-state index contributed by atoms with van der Waals surface area (Å²) in [6.45, 7) is 1.72. The van der Waals surface area contributed by atoms with Crippen molar-refractivity contribution in [2.24, 2.45) is 0 Å². The maximum atomic E-state index is 11.6. The van der Waals surface area contributed by atoms with Crippen LogP contribution in [0.3, 0.4) is 0 Å². The van der Waals surface area contributed by atoms with Gasteiger partial charge in [0, 0.05) is 29.9 Å². The van der Waals surface area contributed by atoms with Crippen LogP contribution in [0.25, 0.3) is 10.9 Å². The Balaban J connectivity index is 1.91. The average molecular weight is 322 g/mol. The minimum absolute atomic E-state index is 0.372. The Bertz CT molecular complexity index is 891. The highest BCUT2D eigenvalue weighted by molar-refractivity contribution is 5.89. The van der Waals surface area contributed by atoms with Gasteiger partial charge in [0.25, 0.3) is 0 Å². The maximum Gasteiger partial charge on any atom is 0.337 e. The van der Waals surface area contributed by atoms with Gasteiger partial charge in [-0.1, -0.05) is 6.07 Å². The molecule has 122 valence electrons. The number of fused-ring (bicyclic) bond motifs is 1. The van der Waals surface area contributed by atoms with E-state index < -0.39 is 6.10 Å². The van der Waals surface area contributed by atoms with E-state index in [2.05, 4.69) is 9.97 Å². The zero-order valence-corrected chi connectivity index (χ0v) is 13.6. The highest BCUT2D eigenvalue weighted by Crippen LogP contribution is 2.20. The molecule has 5 heteroatoms. The minimum atomic E-state index is -0.552. The van der Waals surface area contributed by atoms with Crippen molar-refractivity contribution in [3.05, 3.63) is 71.2 Å². The molecular formula is C19H18N2O3. The highest BCUT2D eigenvalue weighted by atomic mass is 16.5. The van der Waals surface area contributed by atoms with E-state index in [9.17, 15) is 9.90 Å². The van der Waals surface area contributed by atoms with Gasteiger partial charge in [0.15, 0.2) is 0 Å². The van der Waals surface area contributed by atoms with Crippen LogP contribution in [0.2, 0.25) is 0 Å². The molecule has 2 heterocycles. The smallest absolute Gasteiger partial charge is 0.337 e. The Hall–Kier alpha value is -2.79. The first-order valence-corrected chi connectivity index (χ1v) is 7.66. The zero-order valence-electron chi connectivity index (χ0n) is 13.6. The summed E-state index contributed by atoms with van der Waals surface area (Å²) in [5, 5.41) is 10.7. The van der Waals surface area contributed by atoms with Crippen molar-refractivity contribution in [3.63, 3.8) is 0 Å². The van der Waals surface area contributed by atoms with Crippen molar-refractivity contribution in [1.82, 2.24) is 9.97 Å². The third-order valence-corrected chi connectivity index (χ3v) is 3.87. The number of aromatic nitrogens is 2. The molecule has 0 fully saturated rings. The van der Waals surface area contributed by atoms with Gasteiger partial charge in [-0.3, -0.25) is 9.97 Å². The number of rotatable bonds is 4. The van der Waals surface area contributed by atoms with E-state index >= 15 is 0 Å². The third-order valence-electron chi connectivity index (χ3n) is 3.87. The predicted molar refractivity (Wildman–Crippen MR) is 90.8 cm³/mol. The van der Waals surface area contributed by atoms with E-state index in [0.717, 1.165) is 27.7 Å². The lowest BCUT2D eigenvalue weighted by atomic mass is 10.0. The van der Waals surface area contributed by atoms with Crippen molar-refractivity contribution in [2.45, 2.75) is 19.4 Å². The molecule has 3 aromatic rings. The molecule has 1 unspecified atom stereocenters. The summed E-state index contributed by atoms with van der Waals surface area (Å²) in [7, 11) is 1.36. The van der Waals surface area contributed by atoms with Crippen LogP contribution in [0.5, 0.6) is 0 Å². The monoisotopic (exact) mass is 322 g/mol. The number of benzene rings is 1. The molecule has 5 nitrogen and oxygen atoms in total. The van der Waals surface area contributed by atoms with Gasteiger partial charge in [0.1, 0.15) is 0 Å². The average Bonchev–Trinajstić information content (AvgIpc) is 2.60. The van der Waals surface area contributed by atoms with Crippen molar-refractivity contribution >= 4 is 16.9 Å². The van der Waals surface area contributed by atoms with Crippen LogP contribution in [0.4, 0.5) is 0 Å². The molecule has 1 aromatic carbocycles. The summed E-state index contributed by atoms with van der Waals surface area (Å²) >= 11 is 0. The molecule has 0 amide bonds. The van der Waals surface area contributed by atoms with Crippen molar-refractivity contribution in [3.8, 4) is 0 Å². The number of aliphatic hydroxyl groups excluding tert-OH is 1. The third kappa shape index (κ3) is 3.41. The summed E-state index contributed by atoms with van der Waals surface area (Å²) < 4.78 is 4.74. The van der Waals surface area contributed by atoms with Gasteiger partial charge in [-0.25, -0.2) is 4.79 Å². The molecule has 3 rings (SSSR count). The fraction of sp³-hybridized carbons (Fsp3) is 0.211. The molecular weight excluding hydrogens is 304 g/mol. The lowest BCUT2D eigenvalue weighted by Crippen LogP contribution is -2.03. The van der Waals surface area contributed by atoms with Crippen molar-refractivity contribution in [1.29, 1.82) is 0 Å². The lowest BCUT2D eigenvalue weighted by Gasteiger charge is -2.08. The summed E-state index contributed by atoms with van der Waals surface area (Å²) in [4.78, 5) is 20.3. The van der Waals surface area contributed by atoms with Crippen LogP contribution >= 0.6 is 0 Å². The molecule has 0 radical (unpaired) electrons. The maximum absolute atomic E-state index is 11.6. The van der Waals surface area contributed by atoms with Crippen LogP contribution in [-0.2, 0) is 11.2 Å². The van der Waals surface area contributed by atoms with Crippen LogP contribution in [0, 0.1) is 0 Å². The second-order valence-corrected chi connectivity index (χ2v) is 5.68. The molecule has 24 heavy (non-hydrogen) atoms. The molecule has 1 atom stereocenters. The Morgan fingerprint density at radius 1 is 1.21 bits per heavy atom. The number of pyridine rings is 2. The Morgan fingerprint density at radius 3 is 2.79 bits per heavy atom. The second kappa shape index (κ2) is 6.76. The van der Waals surface area contributed by atoms with Crippen molar-refractivity contribution < 1.29 is 14.6 Å². The van der Waals surface area contributed by atoms with E-state index in [0.29, 0.717) is 12.0 Å². The standard InChI is InChI=1S/C19H18N2O3/c1-12(22)16-9-15-7-13(3-4-18(15)21-11-16)8-17-10-14(5-6-20-17)19(23)24-2/h3-7,9-12,22H,8H2,1-2H3. The van der Waals surface area contributed by atoms with Crippen molar-refractivity contribution in [2.75, 3.05) is 7.11 Å². The fourth-order valence-electron chi connectivity index (χ4n) is 2.57. The first-order valence-electron chi connectivity index (χ1n) is 7.66. The summed E-state index contributed by atoms with van der Waals surface area (Å²) in [6.07, 6.45) is 3.34. The van der Waals surface area contributed by atoms with E-state index in [1.807, 2.05) is 24.3 Å². The zero-order chi connectivity index (χ0) is 17.1. The topological polar surface area (TPSA) is 72.3 Å². The number of nitrogens with zero attached hydrogens (tertiary/aromatic N) is 2. The van der Waals surface area contributed by atoms with Crippen LogP contribution < -0.4 is 0 Å². The number of aliphatic hydroxyl groups is 1. The Kier molecular flexibility index (Phi) is 4.53. The van der Waals surface area contributed by atoms with Gasteiger partial charge < -0.3 is 9.84 Å². The van der Waals surface area contributed by atoms with Gasteiger partial charge in [-0.2, -0.15) is 0 Å². The van der Waals surface area contributed by atoms with E-state index in [1.54, 1.807) is 31.5 Å². The first kappa shape index (κ1) is 16.1. The molecule has 0 saturated carbocycles. The fourth-order valence-corrected chi connectivity index (χ4v) is 2.57. The molecule has 0 aliphatic rings. The number of carbonyl (C=O) groups excluding carboxylic acids is 1. The quantitative estimate of drug-likeness (QED) is 0.747. The molecule has 0 aliphatic heterocycles. The van der Waals surface area contributed by atoms with Crippen LogP contribution in [-0.4, -0.2) is 28.2 Å². The largest absolute Gasteiger partial charge is 0.465 e. The minimum Gasteiger partial charge on any atom is -0.465 e. The molecule has 0 saturated heterocycles. The van der Waals surface area contributed by atoms with Gasteiger partial charge in [0.2, 0.25) is 0 Å². The van der Waals surface area contributed by atoms with Gasteiger partial charge in [-0.05, 0) is 48.4 Å². The van der Waals surface area contributed by atoms with E-state index in [1.165, 1.54) is 7.11 Å². The van der Waals surface area contributed by atoms with Crippen LogP contribution in [0.15, 0.2) is 48.8 Å². The lowest BCUT2D eigenvalue weighted by molar-refractivity contribution is 0.0600. The number of hydrogen-bond acceptors (Lipinski definition) is 5. The second-order valence-electron chi connectivity index (χ2n) is 5.68. The highest BCUT2D eigenvalue weighted by Gasteiger charge is 2.08. The van der Waals surface area contributed by atoms with Gasteiger partial charge in [0.05, 0.1) is 24.3 Å². The number of methoxy groups -OCH3 is 1. The molecule has 1 N–H and O–H groups in total. The SMILES string of the molecule is COC(=O)c1ccnc(Cc2ccc3ncc(C(C)O)cc3c2)c1. The number of ether oxygens (including phenoxy) is 1. The molecule has 2 aromatic heterocycles. The first-order chi connectivity index (χ1) is 11.6. The molecule has 0 spiro atoms. The number of hydrogen-bond donors (Lipinski definition) is 1. The Labute approximate surface area is 140 Å². The normalized spacial score (nSPS) is 12.1. The summed E-state index contributed by atoms with van der Waals surface area (Å²) in [5.74, 6) is -0.372. The summed E-state index contributed by atoms with van der Waals surface area (Å²) in [5.41, 5.74) is 3.99. The van der Waals surface area contributed by atoms with E-state index in [4.69, 9.17) is 4.74 Å². The van der Waals surface area contributed by atoms with E-state index in [-0.39, 0.29) is 5.97 Å². The molecule has 0 bridgehead atoms. The van der Waals surface area contributed by atoms with Gasteiger partial charge >= 0.3 is 5.97 Å². The molecule has 0 aliphatic carbocycles. The predicted octanol–water partition coefficient (Wildman–Crippen LogP) is 3.06. The summed E-state index contributed by atoms with van der Waals surface area (Å²) in [6, 6.07) is 11.3.